The van der Waals surface area contributed by atoms with Crippen molar-refractivity contribution >= 4 is 28.5 Å². The molecule has 3 aromatic rings. The second-order valence-corrected chi connectivity index (χ2v) is 6.41. The summed E-state index contributed by atoms with van der Waals surface area (Å²) in [7, 11) is 4.48. The molecule has 0 spiro atoms. The number of carbonyl (C=O) groups is 2. The van der Waals surface area contributed by atoms with Gasteiger partial charge < -0.3 is 14.2 Å². The number of urea groups is 1. The van der Waals surface area contributed by atoms with Crippen molar-refractivity contribution < 1.29 is 23.8 Å². The summed E-state index contributed by atoms with van der Waals surface area (Å²) in [6.45, 7) is 0. The molecule has 1 unspecified atom stereocenters. The first-order chi connectivity index (χ1) is 14.1. The minimum absolute atomic E-state index is 0.394. The van der Waals surface area contributed by atoms with Crippen LogP contribution in [-0.4, -0.2) is 38.3 Å². The quantitative estimate of drug-likeness (QED) is 0.670. The molecule has 1 atom stereocenters. The van der Waals surface area contributed by atoms with Crippen LogP contribution in [0.25, 0.3) is 10.9 Å². The lowest BCUT2D eigenvalue weighted by Crippen LogP contribution is -2.29. The number of amides is 3. The number of aromatic nitrogens is 1. The Morgan fingerprint density at radius 1 is 0.966 bits per heavy atom. The highest BCUT2D eigenvalue weighted by atomic mass is 16.5. The van der Waals surface area contributed by atoms with E-state index in [1.54, 1.807) is 18.3 Å². The number of benzene rings is 2. The van der Waals surface area contributed by atoms with Crippen molar-refractivity contribution in [2.24, 2.45) is 0 Å². The Kier molecular flexibility index (Phi) is 4.67. The van der Waals surface area contributed by atoms with Gasteiger partial charge in [-0.25, -0.2) is 4.79 Å². The van der Waals surface area contributed by atoms with E-state index in [9.17, 15) is 9.59 Å². The Labute approximate surface area is 167 Å². The maximum absolute atomic E-state index is 12.7. The third-order valence-electron chi connectivity index (χ3n) is 4.81. The molecule has 1 aliphatic heterocycles. The molecule has 1 aromatic heterocycles. The zero-order chi connectivity index (χ0) is 20.5. The van der Waals surface area contributed by atoms with Gasteiger partial charge in [-0.15, -0.1) is 0 Å². The molecule has 3 amide bonds. The number of carbonyl (C=O) groups excluding carboxylic acids is 2. The van der Waals surface area contributed by atoms with Crippen LogP contribution in [0.2, 0.25) is 0 Å². The predicted molar refractivity (Wildman–Crippen MR) is 107 cm³/mol. The second kappa shape index (κ2) is 7.31. The molecule has 0 bridgehead atoms. The molecule has 29 heavy (non-hydrogen) atoms. The van der Waals surface area contributed by atoms with Crippen molar-refractivity contribution in [2.75, 3.05) is 26.2 Å². The molecule has 1 saturated heterocycles. The Morgan fingerprint density at radius 3 is 2.31 bits per heavy atom. The van der Waals surface area contributed by atoms with E-state index in [1.165, 1.54) is 26.2 Å². The minimum Gasteiger partial charge on any atom is -0.493 e. The molecule has 2 aromatic carbocycles. The Hall–Kier alpha value is -3.81. The highest BCUT2D eigenvalue weighted by Crippen LogP contribution is 2.42. The van der Waals surface area contributed by atoms with Crippen LogP contribution in [0.5, 0.6) is 17.2 Å². The number of rotatable bonds is 5. The van der Waals surface area contributed by atoms with Gasteiger partial charge in [0.05, 0.1) is 38.7 Å². The standard InChI is InChI=1S/C21H19N3O5/c1-27-16-9-13(10-17(28-2)19(16)29-3)18-20(25)23-21(26)24(18)14-8-12-6-4-5-7-15(12)22-11-14/h4-11,18H,1-3H3,(H,23,25,26). The summed E-state index contributed by atoms with van der Waals surface area (Å²) < 4.78 is 16.1. The highest BCUT2D eigenvalue weighted by molar-refractivity contribution is 6.15. The lowest BCUT2D eigenvalue weighted by molar-refractivity contribution is -0.119. The van der Waals surface area contributed by atoms with Gasteiger partial charge in [-0.1, -0.05) is 18.2 Å². The molecule has 8 heteroatoms. The topological polar surface area (TPSA) is 90.0 Å². The molecule has 0 aliphatic carbocycles. The lowest BCUT2D eigenvalue weighted by Gasteiger charge is -2.23. The van der Waals surface area contributed by atoms with Crippen LogP contribution in [0.15, 0.2) is 48.7 Å². The van der Waals surface area contributed by atoms with E-state index in [-0.39, 0.29) is 0 Å². The average molecular weight is 393 g/mol. The van der Waals surface area contributed by atoms with E-state index < -0.39 is 18.0 Å². The zero-order valence-corrected chi connectivity index (χ0v) is 16.1. The van der Waals surface area contributed by atoms with Gasteiger partial charge >= 0.3 is 6.03 Å². The van der Waals surface area contributed by atoms with Crippen LogP contribution in [-0.2, 0) is 4.79 Å². The third-order valence-corrected chi connectivity index (χ3v) is 4.81. The summed E-state index contributed by atoms with van der Waals surface area (Å²) in [5.74, 6) is 0.746. The number of nitrogens with zero attached hydrogens (tertiary/aromatic N) is 2. The SMILES string of the molecule is COc1cc(C2C(=O)NC(=O)N2c2cnc3ccccc3c2)cc(OC)c1OC. The van der Waals surface area contributed by atoms with Crippen LogP contribution < -0.4 is 24.4 Å². The van der Waals surface area contributed by atoms with Crippen molar-refractivity contribution in [1.82, 2.24) is 10.3 Å². The van der Waals surface area contributed by atoms with Gasteiger partial charge in [0.2, 0.25) is 5.75 Å². The Balaban J connectivity index is 1.84. The van der Waals surface area contributed by atoms with Crippen LogP contribution >= 0.6 is 0 Å². The first-order valence-electron chi connectivity index (χ1n) is 8.86. The Morgan fingerprint density at radius 2 is 1.66 bits per heavy atom. The molecule has 1 fully saturated rings. The summed E-state index contributed by atoms with van der Waals surface area (Å²) in [5, 5.41) is 3.23. The maximum Gasteiger partial charge on any atom is 0.329 e. The van der Waals surface area contributed by atoms with E-state index in [2.05, 4.69) is 10.3 Å². The number of ether oxygens (including phenoxy) is 3. The molecule has 0 saturated carbocycles. The number of hydrogen-bond acceptors (Lipinski definition) is 6. The van der Waals surface area contributed by atoms with Gasteiger partial charge in [-0.3, -0.25) is 20.0 Å². The van der Waals surface area contributed by atoms with E-state index in [4.69, 9.17) is 14.2 Å². The van der Waals surface area contributed by atoms with Gasteiger partial charge in [0.25, 0.3) is 5.91 Å². The van der Waals surface area contributed by atoms with Crippen molar-refractivity contribution in [2.45, 2.75) is 6.04 Å². The number of fused-ring (bicyclic) bond motifs is 1. The normalized spacial score (nSPS) is 16.1. The predicted octanol–water partition coefficient (Wildman–Crippen LogP) is 3.06. The molecule has 2 heterocycles. The van der Waals surface area contributed by atoms with Gasteiger partial charge in [0, 0.05) is 5.39 Å². The van der Waals surface area contributed by atoms with E-state index in [0.29, 0.717) is 28.5 Å². The summed E-state index contributed by atoms with van der Waals surface area (Å²) in [5.41, 5.74) is 1.83. The second-order valence-electron chi connectivity index (χ2n) is 6.41. The van der Waals surface area contributed by atoms with Crippen molar-refractivity contribution in [3.8, 4) is 17.2 Å². The maximum atomic E-state index is 12.7. The fourth-order valence-corrected chi connectivity index (χ4v) is 3.49. The van der Waals surface area contributed by atoms with Gasteiger partial charge in [-0.05, 0) is 29.8 Å². The van der Waals surface area contributed by atoms with Crippen LogP contribution in [0.3, 0.4) is 0 Å². The van der Waals surface area contributed by atoms with Crippen LogP contribution in [0.4, 0.5) is 10.5 Å². The molecule has 148 valence electrons. The number of hydrogen-bond donors (Lipinski definition) is 1. The number of nitrogens with one attached hydrogen (secondary N) is 1. The van der Waals surface area contributed by atoms with Crippen molar-refractivity contribution in [3.05, 3.63) is 54.2 Å². The third kappa shape index (κ3) is 3.08. The highest BCUT2D eigenvalue weighted by Gasteiger charge is 2.41. The summed E-state index contributed by atoms with van der Waals surface area (Å²) in [6.07, 6.45) is 1.57. The van der Waals surface area contributed by atoms with E-state index in [1.807, 2.05) is 30.3 Å². The number of imide groups is 1. The Bertz CT molecular complexity index is 1090. The molecular weight excluding hydrogens is 374 g/mol. The molecule has 1 aliphatic rings. The summed E-state index contributed by atoms with van der Waals surface area (Å²) >= 11 is 0. The smallest absolute Gasteiger partial charge is 0.329 e. The van der Waals surface area contributed by atoms with Gasteiger partial charge in [0.1, 0.15) is 6.04 Å². The lowest BCUT2D eigenvalue weighted by atomic mass is 10.0. The molecular formula is C21H19N3O5. The summed E-state index contributed by atoms with van der Waals surface area (Å²) in [4.78, 5) is 31.1. The van der Waals surface area contributed by atoms with Crippen LogP contribution in [0, 0.1) is 0 Å². The molecule has 1 N–H and O–H groups in total. The first kappa shape index (κ1) is 18.5. The molecule has 0 radical (unpaired) electrons. The monoisotopic (exact) mass is 393 g/mol. The minimum atomic E-state index is -0.904. The van der Waals surface area contributed by atoms with Gasteiger partial charge in [0.15, 0.2) is 11.5 Å². The number of pyridine rings is 1. The fourth-order valence-electron chi connectivity index (χ4n) is 3.49. The van der Waals surface area contributed by atoms with Crippen molar-refractivity contribution in [1.29, 1.82) is 0 Å². The number of methoxy groups -OCH3 is 3. The van der Waals surface area contributed by atoms with E-state index in [0.717, 1.165) is 10.9 Å². The first-order valence-corrected chi connectivity index (χ1v) is 8.86. The molecule has 4 rings (SSSR count). The van der Waals surface area contributed by atoms with Gasteiger partial charge in [-0.2, -0.15) is 0 Å². The average Bonchev–Trinajstić information content (AvgIpc) is 3.05. The zero-order valence-electron chi connectivity index (χ0n) is 16.1. The number of anilines is 1. The fraction of sp³-hybridized carbons (Fsp3) is 0.190. The van der Waals surface area contributed by atoms with Crippen LogP contribution in [0.1, 0.15) is 11.6 Å². The molecule has 8 nitrogen and oxygen atoms in total. The van der Waals surface area contributed by atoms with Crippen molar-refractivity contribution in [3.63, 3.8) is 0 Å². The summed E-state index contributed by atoms with van der Waals surface area (Å²) in [6, 6.07) is 11.3. The largest absolute Gasteiger partial charge is 0.493 e. The van der Waals surface area contributed by atoms with E-state index >= 15 is 0 Å². The number of para-hydroxylation sites is 1.